The summed E-state index contributed by atoms with van der Waals surface area (Å²) in [7, 11) is 0. The van der Waals surface area contributed by atoms with Gasteiger partial charge in [-0.05, 0) is 11.6 Å². The van der Waals surface area contributed by atoms with Crippen LogP contribution in [-0.4, -0.2) is 29.4 Å². The Hall–Kier alpha value is -2.63. The maximum atomic E-state index is 11.7. The Kier molecular flexibility index (Phi) is 5.28. The molecule has 0 heterocycles. The van der Waals surface area contributed by atoms with Gasteiger partial charge in [0.1, 0.15) is 12.2 Å². The van der Waals surface area contributed by atoms with E-state index >= 15 is 0 Å². The topological polar surface area (TPSA) is 95.5 Å². The first kappa shape index (κ1) is 14.4. The van der Waals surface area contributed by atoms with Gasteiger partial charge in [-0.2, -0.15) is 0 Å². The number of amides is 2. The van der Waals surface area contributed by atoms with Gasteiger partial charge in [0, 0.05) is 6.92 Å². The summed E-state index contributed by atoms with van der Waals surface area (Å²) in [6.07, 6.45) is 1.47. The first-order valence-electron chi connectivity index (χ1n) is 5.53. The third-order valence-corrected chi connectivity index (χ3v) is 2.07. The molecule has 0 unspecified atom stereocenters. The molecule has 0 aromatic heterocycles. The van der Waals surface area contributed by atoms with E-state index < -0.39 is 24.3 Å². The van der Waals surface area contributed by atoms with Crippen LogP contribution in [-0.2, 0) is 14.4 Å². The molecule has 3 N–H and O–H groups in total. The maximum absolute atomic E-state index is 11.7. The van der Waals surface area contributed by atoms with Crippen molar-refractivity contribution in [2.24, 2.45) is 0 Å². The van der Waals surface area contributed by atoms with Crippen molar-refractivity contribution in [3.05, 3.63) is 41.6 Å². The Morgan fingerprint density at radius 1 is 1.21 bits per heavy atom. The molecule has 6 heteroatoms. The van der Waals surface area contributed by atoms with Crippen molar-refractivity contribution in [1.29, 1.82) is 0 Å². The lowest BCUT2D eigenvalue weighted by Gasteiger charge is -2.08. The number of hydrogen-bond acceptors (Lipinski definition) is 3. The van der Waals surface area contributed by atoms with Crippen LogP contribution >= 0.6 is 0 Å². The number of benzene rings is 1. The summed E-state index contributed by atoms with van der Waals surface area (Å²) in [6, 6.07) is 8.90. The molecule has 0 aliphatic carbocycles. The van der Waals surface area contributed by atoms with Gasteiger partial charge in [-0.3, -0.25) is 14.4 Å². The molecule has 1 aromatic rings. The molecule has 0 atom stereocenters. The predicted octanol–water partition coefficient (Wildman–Crippen LogP) is 0.364. The van der Waals surface area contributed by atoms with E-state index in [0.29, 0.717) is 0 Å². The predicted molar refractivity (Wildman–Crippen MR) is 68.9 cm³/mol. The SMILES string of the molecule is CC(=O)N/C(=C/c1ccccc1)C(=O)NCC(=O)O. The molecular weight excluding hydrogens is 248 g/mol. The van der Waals surface area contributed by atoms with Crippen molar-refractivity contribution in [3.8, 4) is 0 Å². The second-order valence-electron chi connectivity index (χ2n) is 3.73. The summed E-state index contributed by atoms with van der Waals surface area (Å²) in [6.45, 7) is 0.758. The van der Waals surface area contributed by atoms with E-state index in [1.165, 1.54) is 13.0 Å². The van der Waals surface area contributed by atoms with Crippen LogP contribution in [0, 0.1) is 0 Å². The van der Waals surface area contributed by atoms with Crippen molar-refractivity contribution in [2.45, 2.75) is 6.92 Å². The van der Waals surface area contributed by atoms with E-state index in [2.05, 4.69) is 10.6 Å². The summed E-state index contributed by atoms with van der Waals surface area (Å²) in [4.78, 5) is 33.2. The average Bonchev–Trinajstić information content (AvgIpc) is 2.36. The van der Waals surface area contributed by atoms with E-state index in [4.69, 9.17) is 5.11 Å². The van der Waals surface area contributed by atoms with Gasteiger partial charge in [0.05, 0.1) is 0 Å². The van der Waals surface area contributed by atoms with E-state index in [1.54, 1.807) is 24.3 Å². The fourth-order valence-electron chi connectivity index (χ4n) is 1.32. The number of hydrogen-bond donors (Lipinski definition) is 3. The minimum absolute atomic E-state index is 0.0000463. The van der Waals surface area contributed by atoms with Gasteiger partial charge in [0.2, 0.25) is 5.91 Å². The molecule has 0 aliphatic rings. The summed E-state index contributed by atoms with van der Waals surface area (Å²) in [5, 5.41) is 13.0. The van der Waals surface area contributed by atoms with Gasteiger partial charge in [0.15, 0.2) is 0 Å². The van der Waals surface area contributed by atoms with E-state index in [0.717, 1.165) is 5.56 Å². The van der Waals surface area contributed by atoms with Crippen molar-refractivity contribution < 1.29 is 19.5 Å². The first-order chi connectivity index (χ1) is 8.99. The molecule has 0 radical (unpaired) electrons. The standard InChI is InChI=1S/C13H14N2O4/c1-9(16)15-11(13(19)14-8-12(17)18)7-10-5-3-2-4-6-10/h2-7H,8H2,1H3,(H,14,19)(H,15,16)(H,17,18)/b11-7+. The number of carbonyl (C=O) groups is 3. The van der Waals surface area contributed by atoms with Crippen LogP contribution in [0.1, 0.15) is 12.5 Å². The maximum Gasteiger partial charge on any atom is 0.322 e. The van der Waals surface area contributed by atoms with Crippen molar-refractivity contribution in [3.63, 3.8) is 0 Å². The first-order valence-corrected chi connectivity index (χ1v) is 5.53. The minimum Gasteiger partial charge on any atom is -0.480 e. The lowest BCUT2D eigenvalue weighted by atomic mass is 10.2. The second kappa shape index (κ2) is 6.95. The molecule has 1 aromatic carbocycles. The number of carboxylic acids is 1. The lowest BCUT2D eigenvalue weighted by Crippen LogP contribution is -2.36. The molecule has 0 bridgehead atoms. The Bertz CT molecular complexity index is 509. The summed E-state index contributed by atoms with van der Waals surface area (Å²) < 4.78 is 0. The highest BCUT2D eigenvalue weighted by Crippen LogP contribution is 2.04. The third kappa shape index (κ3) is 5.49. The smallest absolute Gasteiger partial charge is 0.322 e. The van der Waals surface area contributed by atoms with E-state index in [9.17, 15) is 14.4 Å². The highest BCUT2D eigenvalue weighted by molar-refractivity contribution is 6.01. The van der Waals surface area contributed by atoms with Crippen molar-refractivity contribution in [1.82, 2.24) is 10.6 Å². The summed E-state index contributed by atoms with van der Waals surface area (Å²) in [5.41, 5.74) is 0.719. The lowest BCUT2D eigenvalue weighted by molar-refractivity contribution is -0.137. The van der Waals surface area contributed by atoms with Crippen LogP contribution in [0.5, 0.6) is 0 Å². The number of nitrogens with one attached hydrogen (secondary N) is 2. The normalized spacial score (nSPS) is 10.7. The minimum atomic E-state index is -1.16. The van der Waals surface area contributed by atoms with Crippen LogP contribution in [0.15, 0.2) is 36.0 Å². The largest absolute Gasteiger partial charge is 0.480 e. The van der Waals surface area contributed by atoms with Gasteiger partial charge in [0.25, 0.3) is 5.91 Å². The highest BCUT2D eigenvalue weighted by atomic mass is 16.4. The third-order valence-electron chi connectivity index (χ3n) is 2.07. The van der Waals surface area contributed by atoms with Crippen molar-refractivity contribution in [2.75, 3.05) is 6.54 Å². The fraction of sp³-hybridized carbons (Fsp3) is 0.154. The molecule has 0 saturated heterocycles. The Labute approximate surface area is 110 Å². The van der Waals surface area contributed by atoms with Crippen LogP contribution in [0.4, 0.5) is 0 Å². The molecular formula is C13H14N2O4. The molecule has 0 saturated carbocycles. The Morgan fingerprint density at radius 2 is 1.84 bits per heavy atom. The van der Waals surface area contributed by atoms with Gasteiger partial charge in [-0.1, -0.05) is 30.3 Å². The summed E-state index contributed by atoms with van der Waals surface area (Å²) in [5.74, 6) is -2.22. The zero-order valence-electron chi connectivity index (χ0n) is 10.3. The quantitative estimate of drug-likeness (QED) is 0.668. The molecule has 19 heavy (non-hydrogen) atoms. The van der Waals surface area contributed by atoms with Crippen LogP contribution < -0.4 is 10.6 Å². The molecule has 1 rings (SSSR count). The molecule has 0 spiro atoms. The average molecular weight is 262 g/mol. The van der Waals surface area contributed by atoms with E-state index in [-0.39, 0.29) is 5.70 Å². The number of rotatable bonds is 5. The Morgan fingerprint density at radius 3 is 2.37 bits per heavy atom. The second-order valence-corrected chi connectivity index (χ2v) is 3.73. The molecule has 6 nitrogen and oxygen atoms in total. The number of aliphatic carboxylic acids is 1. The fourth-order valence-corrected chi connectivity index (χ4v) is 1.32. The zero-order valence-corrected chi connectivity index (χ0v) is 10.3. The van der Waals surface area contributed by atoms with Gasteiger partial charge < -0.3 is 15.7 Å². The van der Waals surface area contributed by atoms with Gasteiger partial charge >= 0.3 is 5.97 Å². The Balaban J connectivity index is 2.88. The zero-order chi connectivity index (χ0) is 14.3. The van der Waals surface area contributed by atoms with Gasteiger partial charge in [-0.15, -0.1) is 0 Å². The van der Waals surface area contributed by atoms with Crippen molar-refractivity contribution >= 4 is 23.9 Å². The molecule has 100 valence electrons. The molecule has 0 aliphatic heterocycles. The highest BCUT2D eigenvalue weighted by Gasteiger charge is 2.11. The van der Waals surface area contributed by atoms with Crippen LogP contribution in [0.25, 0.3) is 6.08 Å². The molecule has 0 fully saturated rings. The monoisotopic (exact) mass is 262 g/mol. The summed E-state index contributed by atoms with van der Waals surface area (Å²) >= 11 is 0. The van der Waals surface area contributed by atoms with Crippen LogP contribution in [0.2, 0.25) is 0 Å². The molecule has 2 amide bonds. The van der Waals surface area contributed by atoms with E-state index in [1.807, 2.05) is 6.07 Å². The number of carboxylic acid groups (broad SMARTS) is 1. The van der Waals surface area contributed by atoms with Gasteiger partial charge in [-0.25, -0.2) is 0 Å². The van der Waals surface area contributed by atoms with Crippen LogP contribution in [0.3, 0.4) is 0 Å². The number of carbonyl (C=O) groups excluding carboxylic acids is 2.